The van der Waals surface area contributed by atoms with Crippen molar-refractivity contribution in [3.63, 3.8) is 0 Å². The summed E-state index contributed by atoms with van der Waals surface area (Å²) in [5, 5.41) is 9.61. The molecule has 1 rings (SSSR count). The highest BCUT2D eigenvalue weighted by Crippen LogP contribution is 2.13. The van der Waals surface area contributed by atoms with Gasteiger partial charge in [0.2, 0.25) is 0 Å². The summed E-state index contributed by atoms with van der Waals surface area (Å²) in [6.07, 6.45) is 4.54. The summed E-state index contributed by atoms with van der Waals surface area (Å²) in [5.41, 5.74) is 0. The maximum Gasteiger partial charge on any atom is 0.0702 e. The van der Waals surface area contributed by atoms with Crippen molar-refractivity contribution in [3.8, 4) is 0 Å². The van der Waals surface area contributed by atoms with E-state index >= 15 is 0 Å². The monoisotopic (exact) mass is 201 g/mol. The second kappa shape index (κ2) is 6.38. The lowest BCUT2D eigenvalue weighted by Gasteiger charge is -2.22. The lowest BCUT2D eigenvalue weighted by molar-refractivity contribution is 0.0582. The highest BCUT2D eigenvalue weighted by Gasteiger charge is 2.18. The highest BCUT2D eigenvalue weighted by molar-refractivity contribution is 4.70. The average molecular weight is 201 g/mol. The van der Waals surface area contributed by atoms with Crippen molar-refractivity contribution < 1.29 is 9.84 Å². The van der Waals surface area contributed by atoms with Gasteiger partial charge in [-0.3, -0.25) is 0 Å². The first kappa shape index (κ1) is 12.0. The minimum Gasteiger partial charge on any atom is -0.392 e. The quantitative estimate of drug-likeness (QED) is 0.702. The van der Waals surface area contributed by atoms with E-state index in [1.165, 1.54) is 12.8 Å². The summed E-state index contributed by atoms with van der Waals surface area (Å²) in [7, 11) is 2.06. The van der Waals surface area contributed by atoms with E-state index in [4.69, 9.17) is 4.74 Å². The van der Waals surface area contributed by atoms with Crippen LogP contribution in [0.3, 0.4) is 0 Å². The Hall–Kier alpha value is -0.120. The summed E-state index contributed by atoms with van der Waals surface area (Å²) in [4.78, 5) is 2.18. The van der Waals surface area contributed by atoms with Crippen LogP contribution in [0.5, 0.6) is 0 Å². The molecule has 14 heavy (non-hydrogen) atoms. The van der Waals surface area contributed by atoms with Crippen molar-refractivity contribution in [2.75, 3.05) is 26.7 Å². The molecule has 2 unspecified atom stereocenters. The van der Waals surface area contributed by atoms with Crippen molar-refractivity contribution in [1.82, 2.24) is 4.90 Å². The van der Waals surface area contributed by atoms with Gasteiger partial charge in [-0.15, -0.1) is 0 Å². The van der Waals surface area contributed by atoms with Gasteiger partial charge in [-0.1, -0.05) is 13.3 Å². The molecule has 1 heterocycles. The number of hydrogen-bond donors (Lipinski definition) is 1. The zero-order valence-corrected chi connectivity index (χ0v) is 9.41. The van der Waals surface area contributed by atoms with Crippen molar-refractivity contribution in [2.45, 2.75) is 44.8 Å². The fraction of sp³-hybridized carbons (Fsp3) is 1.00. The third-order valence-corrected chi connectivity index (χ3v) is 2.68. The van der Waals surface area contributed by atoms with Crippen LogP contribution in [-0.2, 0) is 4.74 Å². The van der Waals surface area contributed by atoms with Crippen molar-refractivity contribution in [1.29, 1.82) is 0 Å². The fourth-order valence-corrected chi connectivity index (χ4v) is 1.99. The predicted octanol–water partition coefficient (Wildman–Crippen LogP) is 1.26. The van der Waals surface area contributed by atoms with Gasteiger partial charge in [-0.05, 0) is 26.3 Å². The lowest BCUT2D eigenvalue weighted by atomic mass is 10.2. The molecule has 0 bridgehead atoms. The maximum absolute atomic E-state index is 9.61. The number of nitrogens with zero attached hydrogens (tertiary/aromatic N) is 1. The third-order valence-electron chi connectivity index (χ3n) is 2.68. The molecule has 1 N–H and O–H groups in total. The predicted molar refractivity (Wildman–Crippen MR) is 57.4 cm³/mol. The molecule has 1 saturated heterocycles. The molecule has 1 fully saturated rings. The summed E-state index contributed by atoms with van der Waals surface area (Å²) < 4.78 is 5.54. The molecule has 0 saturated carbocycles. The molecule has 1 aliphatic rings. The van der Waals surface area contributed by atoms with Crippen LogP contribution in [0.2, 0.25) is 0 Å². The number of ether oxygens (including phenoxy) is 1. The summed E-state index contributed by atoms with van der Waals surface area (Å²) in [6, 6.07) is 0. The minimum atomic E-state index is -0.175. The average Bonchev–Trinajstić information content (AvgIpc) is 2.56. The van der Waals surface area contributed by atoms with Gasteiger partial charge in [0, 0.05) is 19.7 Å². The van der Waals surface area contributed by atoms with Gasteiger partial charge in [0.15, 0.2) is 0 Å². The van der Waals surface area contributed by atoms with Crippen LogP contribution in [-0.4, -0.2) is 49.0 Å². The smallest absolute Gasteiger partial charge is 0.0702 e. The molecule has 3 nitrogen and oxygen atoms in total. The molecule has 3 heteroatoms. The summed E-state index contributed by atoms with van der Waals surface area (Å²) in [5.74, 6) is 0. The molecule has 0 radical (unpaired) electrons. The van der Waals surface area contributed by atoms with Gasteiger partial charge < -0.3 is 14.7 Å². The van der Waals surface area contributed by atoms with E-state index in [9.17, 15) is 5.11 Å². The molecule has 0 spiro atoms. The van der Waals surface area contributed by atoms with E-state index in [-0.39, 0.29) is 6.10 Å². The molecule has 0 aromatic rings. The molecule has 1 aliphatic heterocycles. The Labute approximate surface area is 87.1 Å². The topological polar surface area (TPSA) is 32.7 Å². The molecular weight excluding hydrogens is 178 g/mol. The van der Waals surface area contributed by atoms with Crippen molar-refractivity contribution >= 4 is 0 Å². The number of likely N-dealkylation sites (N-methyl/N-ethyl adjacent to an activating group) is 1. The number of aliphatic hydroxyl groups excluding tert-OH is 1. The van der Waals surface area contributed by atoms with Gasteiger partial charge in [-0.2, -0.15) is 0 Å². The molecule has 0 aliphatic carbocycles. The molecule has 2 atom stereocenters. The number of hydrogen-bond acceptors (Lipinski definition) is 3. The van der Waals surface area contributed by atoms with E-state index < -0.39 is 0 Å². The maximum atomic E-state index is 9.61. The second-order valence-corrected chi connectivity index (χ2v) is 4.30. The normalized spacial score (nSPS) is 24.4. The van der Waals surface area contributed by atoms with Crippen LogP contribution < -0.4 is 0 Å². The summed E-state index contributed by atoms with van der Waals surface area (Å²) >= 11 is 0. The molecule has 84 valence electrons. The van der Waals surface area contributed by atoms with E-state index in [1.807, 2.05) is 0 Å². The highest BCUT2D eigenvalue weighted by atomic mass is 16.5. The molecule has 0 aromatic heterocycles. The van der Waals surface area contributed by atoms with E-state index in [2.05, 4.69) is 18.9 Å². The first-order valence-electron chi connectivity index (χ1n) is 5.70. The van der Waals surface area contributed by atoms with Crippen LogP contribution >= 0.6 is 0 Å². The van der Waals surface area contributed by atoms with Crippen LogP contribution in [0.15, 0.2) is 0 Å². The summed E-state index contributed by atoms with van der Waals surface area (Å²) in [6.45, 7) is 4.74. The Bertz CT molecular complexity index is 146. The number of rotatable bonds is 6. The first-order chi connectivity index (χ1) is 6.72. The van der Waals surface area contributed by atoms with Gasteiger partial charge in [0.25, 0.3) is 0 Å². The molecule has 0 aromatic carbocycles. The van der Waals surface area contributed by atoms with Gasteiger partial charge in [0.1, 0.15) is 0 Å². The third kappa shape index (κ3) is 4.40. The molecular formula is C11H23NO2. The largest absolute Gasteiger partial charge is 0.392 e. The Balaban J connectivity index is 2.10. The van der Waals surface area contributed by atoms with Crippen LogP contribution in [0, 0.1) is 0 Å². The lowest BCUT2D eigenvalue weighted by Crippen LogP contribution is -2.34. The Kier molecular flexibility index (Phi) is 5.45. The van der Waals surface area contributed by atoms with Gasteiger partial charge >= 0.3 is 0 Å². The van der Waals surface area contributed by atoms with E-state index in [0.717, 1.165) is 32.5 Å². The van der Waals surface area contributed by atoms with E-state index in [1.54, 1.807) is 0 Å². The van der Waals surface area contributed by atoms with Crippen LogP contribution in [0.4, 0.5) is 0 Å². The van der Waals surface area contributed by atoms with Crippen LogP contribution in [0.1, 0.15) is 32.6 Å². The van der Waals surface area contributed by atoms with Crippen molar-refractivity contribution in [3.05, 3.63) is 0 Å². The SMILES string of the molecule is CCCC(O)CN(C)CC1CCCO1. The first-order valence-corrected chi connectivity index (χ1v) is 5.70. The fourth-order valence-electron chi connectivity index (χ4n) is 1.99. The van der Waals surface area contributed by atoms with Crippen molar-refractivity contribution in [2.24, 2.45) is 0 Å². The Morgan fingerprint density at radius 2 is 2.36 bits per heavy atom. The Morgan fingerprint density at radius 1 is 1.57 bits per heavy atom. The Morgan fingerprint density at radius 3 is 2.93 bits per heavy atom. The van der Waals surface area contributed by atoms with E-state index in [0.29, 0.717) is 6.10 Å². The van der Waals surface area contributed by atoms with Gasteiger partial charge in [0.05, 0.1) is 12.2 Å². The minimum absolute atomic E-state index is 0.175. The van der Waals surface area contributed by atoms with Crippen LogP contribution in [0.25, 0.3) is 0 Å². The molecule has 0 amide bonds. The number of aliphatic hydroxyl groups is 1. The second-order valence-electron chi connectivity index (χ2n) is 4.30. The van der Waals surface area contributed by atoms with Gasteiger partial charge in [-0.25, -0.2) is 0 Å². The zero-order valence-electron chi connectivity index (χ0n) is 9.41. The standard InChI is InChI=1S/C11H23NO2/c1-3-5-10(13)8-12(2)9-11-6-4-7-14-11/h10-11,13H,3-9H2,1-2H3. The zero-order chi connectivity index (χ0) is 10.4.